The van der Waals surface area contributed by atoms with Gasteiger partial charge in [0.05, 0.1) is 12.3 Å². The first-order valence-corrected chi connectivity index (χ1v) is 8.12. The summed E-state index contributed by atoms with van der Waals surface area (Å²) in [7, 11) is 0. The van der Waals surface area contributed by atoms with Crippen LogP contribution in [0.5, 0.6) is 5.75 Å². The summed E-state index contributed by atoms with van der Waals surface area (Å²) in [6, 6.07) is 9.00. The highest BCUT2D eigenvalue weighted by atomic mass is 16.5. The van der Waals surface area contributed by atoms with Crippen LogP contribution in [0, 0.1) is 12.8 Å². The zero-order valence-corrected chi connectivity index (χ0v) is 14.6. The highest BCUT2D eigenvalue weighted by molar-refractivity contribution is 6.03. The summed E-state index contributed by atoms with van der Waals surface area (Å²) in [6.45, 7) is 9.22. The Morgan fingerprint density at radius 1 is 1.25 bits per heavy atom. The molecule has 0 radical (unpaired) electrons. The molecule has 0 atom stereocenters. The molecule has 0 saturated heterocycles. The van der Waals surface area contributed by atoms with E-state index in [0.717, 1.165) is 12.2 Å². The number of ether oxygens (including phenoxy) is 1. The van der Waals surface area contributed by atoms with Crippen molar-refractivity contribution in [2.45, 2.75) is 27.7 Å². The van der Waals surface area contributed by atoms with Crippen molar-refractivity contribution >= 4 is 17.5 Å². The van der Waals surface area contributed by atoms with Gasteiger partial charge in [0.2, 0.25) is 5.95 Å². The van der Waals surface area contributed by atoms with Crippen molar-refractivity contribution in [2.75, 3.05) is 23.8 Å². The monoisotopic (exact) mass is 328 g/mol. The van der Waals surface area contributed by atoms with Crippen molar-refractivity contribution in [1.82, 2.24) is 9.97 Å². The van der Waals surface area contributed by atoms with Crippen LogP contribution >= 0.6 is 0 Å². The number of nitrogens with zero attached hydrogens (tertiary/aromatic N) is 2. The minimum atomic E-state index is -0.291. The van der Waals surface area contributed by atoms with Gasteiger partial charge in [-0.2, -0.15) is 0 Å². The maximum absolute atomic E-state index is 12.5. The topological polar surface area (TPSA) is 76.1 Å². The number of rotatable bonds is 7. The number of carbonyl (C=O) groups is 1. The van der Waals surface area contributed by atoms with Crippen LogP contribution in [0.3, 0.4) is 0 Å². The Kier molecular flexibility index (Phi) is 6.12. The molecule has 0 unspecified atom stereocenters. The average molecular weight is 328 g/mol. The highest BCUT2D eigenvalue weighted by Crippen LogP contribution is 2.24. The number of carbonyl (C=O) groups excluding carboxylic acids is 1. The number of aryl methyl sites for hydroxylation is 1. The molecule has 0 saturated carbocycles. The van der Waals surface area contributed by atoms with Crippen molar-refractivity contribution in [3.63, 3.8) is 0 Å². The van der Waals surface area contributed by atoms with Crippen molar-refractivity contribution < 1.29 is 9.53 Å². The zero-order chi connectivity index (χ0) is 17.5. The van der Waals surface area contributed by atoms with E-state index >= 15 is 0 Å². The number of aromatic nitrogens is 2. The van der Waals surface area contributed by atoms with Crippen molar-refractivity contribution in [2.24, 2.45) is 5.92 Å². The van der Waals surface area contributed by atoms with Gasteiger partial charge in [-0.3, -0.25) is 4.79 Å². The lowest BCUT2D eigenvalue weighted by molar-refractivity contribution is 0.102. The number of benzene rings is 1. The van der Waals surface area contributed by atoms with Crippen molar-refractivity contribution in [1.29, 1.82) is 0 Å². The van der Waals surface area contributed by atoms with Gasteiger partial charge in [0.1, 0.15) is 11.4 Å². The molecular weight excluding hydrogens is 304 g/mol. The Bertz CT molecular complexity index is 701. The molecule has 0 fully saturated rings. The smallest absolute Gasteiger partial charge is 0.274 e. The second-order valence-electron chi connectivity index (χ2n) is 5.88. The standard InChI is InChI=1S/C18H24N4O2/c1-5-24-16-9-7-6-8-14(16)21-17(23)15-10-13(4)20-18(22-15)19-11-12(2)3/h6-10,12H,5,11H2,1-4H3,(H,21,23)(H,19,20,22). The number of nitrogens with one attached hydrogen (secondary N) is 2. The average Bonchev–Trinajstić information content (AvgIpc) is 2.54. The molecule has 0 aliphatic heterocycles. The van der Waals surface area contributed by atoms with Gasteiger partial charge in [0.15, 0.2) is 0 Å². The number of para-hydroxylation sites is 2. The molecule has 1 aromatic heterocycles. The normalized spacial score (nSPS) is 10.5. The fourth-order valence-corrected chi connectivity index (χ4v) is 2.10. The summed E-state index contributed by atoms with van der Waals surface area (Å²) in [5, 5.41) is 6.00. The highest BCUT2D eigenvalue weighted by Gasteiger charge is 2.13. The molecule has 0 spiro atoms. The lowest BCUT2D eigenvalue weighted by atomic mass is 10.2. The first kappa shape index (κ1) is 17.7. The molecule has 1 heterocycles. The van der Waals surface area contributed by atoms with Crippen LogP contribution in [0.25, 0.3) is 0 Å². The Morgan fingerprint density at radius 2 is 2.00 bits per heavy atom. The van der Waals surface area contributed by atoms with E-state index in [2.05, 4.69) is 34.4 Å². The van der Waals surface area contributed by atoms with E-state index < -0.39 is 0 Å². The molecular formula is C18H24N4O2. The maximum atomic E-state index is 12.5. The third-order valence-corrected chi connectivity index (χ3v) is 3.19. The molecule has 1 aromatic carbocycles. The van der Waals surface area contributed by atoms with E-state index in [4.69, 9.17) is 4.74 Å². The molecule has 6 nitrogen and oxygen atoms in total. The van der Waals surface area contributed by atoms with Gasteiger partial charge in [0.25, 0.3) is 5.91 Å². The van der Waals surface area contributed by atoms with Gasteiger partial charge in [-0.15, -0.1) is 0 Å². The summed E-state index contributed by atoms with van der Waals surface area (Å²) < 4.78 is 5.53. The third-order valence-electron chi connectivity index (χ3n) is 3.19. The summed E-state index contributed by atoms with van der Waals surface area (Å²) >= 11 is 0. The van der Waals surface area contributed by atoms with Crippen LogP contribution in [0.2, 0.25) is 0 Å². The molecule has 2 rings (SSSR count). The lowest BCUT2D eigenvalue weighted by Crippen LogP contribution is -2.18. The number of hydrogen-bond donors (Lipinski definition) is 2. The fraction of sp³-hybridized carbons (Fsp3) is 0.389. The summed E-state index contributed by atoms with van der Waals surface area (Å²) in [5.41, 5.74) is 1.68. The van der Waals surface area contributed by atoms with Crippen LogP contribution in [0.4, 0.5) is 11.6 Å². The van der Waals surface area contributed by atoms with Gasteiger partial charge in [-0.25, -0.2) is 9.97 Å². The van der Waals surface area contributed by atoms with E-state index in [1.807, 2.05) is 32.0 Å². The summed E-state index contributed by atoms with van der Waals surface area (Å²) in [6.07, 6.45) is 0. The van der Waals surface area contributed by atoms with Gasteiger partial charge in [-0.1, -0.05) is 26.0 Å². The molecule has 128 valence electrons. The Hall–Kier alpha value is -2.63. The molecule has 2 aromatic rings. The number of anilines is 2. The minimum Gasteiger partial charge on any atom is -0.492 e. The third kappa shape index (κ3) is 4.94. The van der Waals surface area contributed by atoms with Crippen LogP contribution < -0.4 is 15.4 Å². The van der Waals surface area contributed by atoms with Gasteiger partial charge >= 0.3 is 0 Å². The molecule has 24 heavy (non-hydrogen) atoms. The molecule has 0 aliphatic carbocycles. The molecule has 0 bridgehead atoms. The van der Waals surface area contributed by atoms with Gasteiger partial charge in [0, 0.05) is 12.2 Å². The van der Waals surface area contributed by atoms with Crippen LogP contribution in [0.15, 0.2) is 30.3 Å². The van der Waals surface area contributed by atoms with Crippen molar-refractivity contribution in [3.05, 3.63) is 41.7 Å². The van der Waals surface area contributed by atoms with E-state index in [-0.39, 0.29) is 5.91 Å². The maximum Gasteiger partial charge on any atom is 0.274 e. The second-order valence-corrected chi connectivity index (χ2v) is 5.88. The predicted molar refractivity (Wildman–Crippen MR) is 95.7 cm³/mol. The van der Waals surface area contributed by atoms with E-state index in [1.54, 1.807) is 12.1 Å². The second kappa shape index (κ2) is 8.29. The first-order chi connectivity index (χ1) is 11.5. The van der Waals surface area contributed by atoms with Crippen LogP contribution in [-0.2, 0) is 0 Å². The first-order valence-electron chi connectivity index (χ1n) is 8.12. The van der Waals surface area contributed by atoms with Crippen LogP contribution in [0.1, 0.15) is 37.0 Å². The number of amides is 1. The van der Waals surface area contributed by atoms with Gasteiger partial charge < -0.3 is 15.4 Å². The van der Waals surface area contributed by atoms with Crippen LogP contribution in [-0.4, -0.2) is 29.0 Å². The molecule has 1 amide bonds. The zero-order valence-electron chi connectivity index (χ0n) is 14.6. The number of hydrogen-bond acceptors (Lipinski definition) is 5. The Morgan fingerprint density at radius 3 is 2.71 bits per heavy atom. The summed E-state index contributed by atoms with van der Waals surface area (Å²) in [4.78, 5) is 21.1. The fourth-order valence-electron chi connectivity index (χ4n) is 2.10. The Labute approximate surface area is 142 Å². The summed E-state index contributed by atoms with van der Waals surface area (Å²) in [5.74, 6) is 1.27. The molecule has 6 heteroatoms. The SMILES string of the molecule is CCOc1ccccc1NC(=O)c1cc(C)nc(NCC(C)C)n1. The molecule has 2 N–H and O–H groups in total. The largest absolute Gasteiger partial charge is 0.492 e. The van der Waals surface area contributed by atoms with Gasteiger partial charge in [-0.05, 0) is 38.0 Å². The predicted octanol–water partition coefficient (Wildman–Crippen LogP) is 3.50. The van der Waals surface area contributed by atoms with Crippen molar-refractivity contribution in [3.8, 4) is 5.75 Å². The van der Waals surface area contributed by atoms with E-state index in [0.29, 0.717) is 35.6 Å². The minimum absolute atomic E-state index is 0.291. The lowest BCUT2D eigenvalue weighted by Gasteiger charge is -2.12. The quantitative estimate of drug-likeness (QED) is 0.813. The van der Waals surface area contributed by atoms with E-state index in [9.17, 15) is 4.79 Å². The molecule has 0 aliphatic rings. The van der Waals surface area contributed by atoms with E-state index in [1.165, 1.54) is 0 Å². The Balaban J connectivity index is 2.18.